The zero-order chi connectivity index (χ0) is 19.7. The van der Waals surface area contributed by atoms with Crippen molar-refractivity contribution in [2.45, 2.75) is 6.18 Å². The van der Waals surface area contributed by atoms with Crippen molar-refractivity contribution in [2.24, 2.45) is 0 Å². The number of halogens is 3. The molecule has 0 unspecified atom stereocenters. The molecule has 3 aromatic rings. The number of amides is 1. The molecule has 1 saturated heterocycles. The van der Waals surface area contributed by atoms with E-state index in [1.807, 2.05) is 4.90 Å². The van der Waals surface area contributed by atoms with E-state index in [1.165, 1.54) is 29.7 Å². The number of fused-ring (bicyclic) bond motifs is 1. The summed E-state index contributed by atoms with van der Waals surface area (Å²) in [5.74, 6) is 0.474. The smallest absolute Gasteiger partial charge is 0.418 e. The normalized spacial score (nSPS) is 15.7. The number of alkyl halides is 3. The number of anilines is 1. The number of carbonyl (C=O) groups is 1. The van der Waals surface area contributed by atoms with Crippen LogP contribution in [0.1, 0.15) is 11.3 Å². The average molecular weight is 407 g/mol. The zero-order valence-corrected chi connectivity index (χ0v) is 15.5. The Morgan fingerprint density at radius 1 is 1.14 bits per heavy atom. The summed E-state index contributed by atoms with van der Waals surface area (Å²) in [4.78, 5) is 20.1. The third kappa shape index (κ3) is 3.75. The monoisotopic (exact) mass is 407 g/mol. The fourth-order valence-corrected chi connectivity index (χ4v) is 4.11. The molecule has 0 aliphatic carbocycles. The Morgan fingerprint density at radius 2 is 1.93 bits per heavy atom. The molecule has 9 heteroatoms. The van der Waals surface area contributed by atoms with Crippen LogP contribution in [0.4, 0.5) is 18.3 Å². The molecule has 0 radical (unpaired) electrons. The molecular weight excluding hydrogens is 391 g/mol. The standard InChI is InChI=1S/C19H16F3N3O2S/c20-19(21,22)14-4-1-5-15-17(14)23-18(28-15)25-10-8-24(9-11-25)16(26)7-6-13-3-2-12-27-13/h1-7,12H,8-11H2/b7-6+. The van der Waals surface area contributed by atoms with Crippen molar-refractivity contribution >= 4 is 38.7 Å². The van der Waals surface area contributed by atoms with Crippen molar-refractivity contribution in [2.75, 3.05) is 31.1 Å². The van der Waals surface area contributed by atoms with E-state index in [0.717, 1.165) is 6.07 Å². The van der Waals surface area contributed by atoms with E-state index in [2.05, 4.69) is 4.98 Å². The zero-order valence-electron chi connectivity index (χ0n) is 14.6. The highest BCUT2D eigenvalue weighted by Gasteiger charge is 2.34. The van der Waals surface area contributed by atoms with Crippen molar-refractivity contribution in [3.8, 4) is 0 Å². The van der Waals surface area contributed by atoms with Gasteiger partial charge in [0, 0.05) is 32.3 Å². The first-order valence-corrected chi connectivity index (χ1v) is 9.46. The van der Waals surface area contributed by atoms with Crippen LogP contribution in [0.3, 0.4) is 0 Å². The number of hydrogen-bond acceptors (Lipinski definition) is 5. The average Bonchev–Trinajstić information content (AvgIpc) is 3.34. The first-order chi connectivity index (χ1) is 13.4. The third-order valence-corrected chi connectivity index (χ3v) is 5.59. The van der Waals surface area contributed by atoms with Gasteiger partial charge in [0.15, 0.2) is 5.13 Å². The second-order valence-electron chi connectivity index (χ2n) is 6.31. The SMILES string of the molecule is O=C(/C=C/c1ccco1)N1CCN(c2nc3c(C(F)(F)F)cccc3s2)CC1. The molecule has 1 fully saturated rings. The van der Waals surface area contributed by atoms with Gasteiger partial charge in [-0.3, -0.25) is 4.79 Å². The molecule has 3 heterocycles. The van der Waals surface area contributed by atoms with E-state index < -0.39 is 11.7 Å². The maximum absolute atomic E-state index is 13.2. The van der Waals surface area contributed by atoms with Crippen molar-refractivity contribution in [3.63, 3.8) is 0 Å². The minimum Gasteiger partial charge on any atom is -0.465 e. The van der Waals surface area contributed by atoms with Gasteiger partial charge in [-0.25, -0.2) is 4.98 Å². The molecule has 0 saturated carbocycles. The van der Waals surface area contributed by atoms with Gasteiger partial charge >= 0.3 is 6.18 Å². The highest BCUT2D eigenvalue weighted by Crippen LogP contribution is 2.38. The van der Waals surface area contributed by atoms with Crippen molar-refractivity contribution < 1.29 is 22.4 Å². The Labute approximate surface area is 162 Å². The molecule has 1 aromatic carbocycles. The molecule has 5 nitrogen and oxygen atoms in total. The van der Waals surface area contributed by atoms with E-state index in [0.29, 0.717) is 41.8 Å². The number of para-hydroxylation sites is 1. The van der Waals surface area contributed by atoms with Gasteiger partial charge < -0.3 is 14.2 Å². The molecule has 1 aliphatic rings. The molecule has 4 rings (SSSR count). The number of rotatable bonds is 3. The van der Waals surface area contributed by atoms with Crippen molar-refractivity contribution in [1.29, 1.82) is 0 Å². The van der Waals surface area contributed by atoms with Gasteiger partial charge in [0.25, 0.3) is 0 Å². The van der Waals surface area contributed by atoms with Crippen LogP contribution < -0.4 is 4.90 Å². The first-order valence-electron chi connectivity index (χ1n) is 8.64. The van der Waals surface area contributed by atoms with E-state index in [4.69, 9.17) is 4.42 Å². The molecule has 0 atom stereocenters. The lowest BCUT2D eigenvalue weighted by atomic mass is 10.2. The lowest BCUT2D eigenvalue weighted by Crippen LogP contribution is -2.48. The quantitative estimate of drug-likeness (QED) is 0.609. The fraction of sp³-hybridized carbons (Fsp3) is 0.263. The van der Waals surface area contributed by atoms with Gasteiger partial charge in [0.05, 0.1) is 22.0 Å². The van der Waals surface area contributed by atoms with Crippen LogP contribution in [0, 0.1) is 0 Å². The summed E-state index contributed by atoms with van der Waals surface area (Å²) >= 11 is 1.24. The highest BCUT2D eigenvalue weighted by atomic mass is 32.1. The molecule has 146 valence electrons. The molecule has 0 spiro atoms. The summed E-state index contributed by atoms with van der Waals surface area (Å²) in [7, 11) is 0. The van der Waals surface area contributed by atoms with Crippen LogP contribution in [0.2, 0.25) is 0 Å². The summed E-state index contributed by atoms with van der Waals surface area (Å²) < 4.78 is 45.2. The highest BCUT2D eigenvalue weighted by molar-refractivity contribution is 7.22. The van der Waals surface area contributed by atoms with Crippen LogP contribution >= 0.6 is 11.3 Å². The Kier molecular flexibility index (Phi) is 4.84. The third-order valence-electron chi connectivity index (χ3n) is 4.51. The predicted molar refractivity (Wildman–Crippen MR) is 101 cm³/mol. The molecule has 1 amide bonds. The van der Waals surface area contributed by atoms with Crippen LogP contribution in [-0.4, -0.2) is 42.0 Å². The molecular formula is C19H16F3N3O2S. The maximum Gasteiger partial charge on any atom is 0.418 e. The predicted octanol–water partition coefficient (Wildman–Crippen LogP) is 4.27. The van der Waals surface area contributed by atoms with Gasteiger partial charge in [0.1, 0.15) is 5.76 Å². The Morgan fingerprint density at radius 3 is 2.61 bits per heavy atom. The lowest BCUT2D eigenvalue weighted by Gasteiger charge is -2.34. The minimum atomic E-state index is -4.43. The van der Waals surface area contributed by atoms with E-state index in [-0.39, 0.29) is 11.4 Å². The van der Waals surface area contributed by atoms with E-state index in [1.54, 1.807) is 29.2 Å². The topological polar surface area (TPSA) is 49.6 Å². The van der Waals surface area contributed by atoms with Crippen LogP contribution in [-0.2, 0) is 11.0 Å². The number of benzene rings is 1. The molecule has 2 aromatic heterocycles. The van der Waals surface area contributed by atoms with Gasteiger partial charge in [-0.15, -0.1) is 0 Å². The number of thiazole rings is 1. The second kappa shape index (κ2) is 7.31. The van der Waals surface area contributed by atoms with Crippen molar-refractivity contribution in [1.82, 2.24) is 9.88 Å². The van der Waals surface area contributed by atoms with Crippen LogP contribution in [0.5, 0.6) is 0 Å². The summed E-state index contributed by atoms with van der Waals surface area (Å²) in [5, 5.41) is 0.546. The number of furan rings is 1. The number of piperazine rings is 1. The Hall–Kier alpha value is -2.81. The molecule has 0 N–H and O–H groups in total. The number of aromatic nitrogens is 1. The first kappa shape index (κ1) is 18.5. The largest absolute Gasteiger partial charge is 0.465 e. The number of hydrogen-bond donors (Lipinski definition) is 0. The second-order valence-corrected chi connectivity index (χ2v) is 7.32. The Balaban J connectivity index is 1.44. The van der Waals surface area contributed by atoms with E-state index >= 15 is 0 Å². The van der Waals surface area contributed by atoms with Gasteiger partial charge in [0.2, 0.25) is 5.91 Å². The fourth-order valence-electron chi connectivity index (χ4n) is 3.06. The Bertz CT molecular complexity index is 1000. The lowest BCUT2D eigenvalue weighted by molar-refractivity contribution is -0.136. The van der Waals surface area contributed by atoms with Gasteiger partial charge in [-0.05, 0) is 30.3 Å². The summed E-state index contributed by atoms with van der Waals surface area (Å²) in [6.07, 6.45) is 0.171. The van der Waals surface area contributed by atoms with E-state index in [9.17, 15) is 18.0 Å². The van der Waals surface area contributed by atoms with Crippen LogP contribution in [0.25, 0.3) is 16.3 Å². The molecule has 0 bridgehead atoms. The minimum absolute atomic E-state index is 0.0186. The summed E-state index contributed by atoms with van der Waals surface area (Å²) in [6, 6.07) is 7.59. The summed E-state index contributed by atoms with van der Waals surface area (Å²) in [6.45, 7) is 1.98. The number of carbonyl (C=O) groups excluding carboxylic acids is 1. The van der Waals surface area contributed by atoms with Crippen LogP contribution in [0.15, 0.2) is 47.1 Å². The number of nitrogens with zero attached hydrogens (tertiary/aromatic N) is 3. The van der Waals surface area contributed by atoms with Gasteiger partial charge in [-0.1, -0.05) is 17.4 Å². The van der Waals surface area contributed by atoms with Crippen molar-refractivity contribution in [3.05, 3.63) is 54.0 Å². The molecule has 28 heavy (non-hydrogen) atoms. The maximum atomic E-state index is 13.2. The molecule has 1 aliphatic heterocycles. The summed E-state index contributed by atoms with van der Waals surface area (Å²) in [5.41, 5.74) is -0.737. The van der Waals surface area contributed by atoms with Gasteiger partial charge in [-0.2, -0.15) is 13.2 Å².